The van der Waals surface area contributed by atoms with Gasteiger partial charge in [-0.3, -0.25) is 0 Å². The Morgan fingerprint density at radius 1 is 1.26 bits per heavy atom. The van der Waals surface area contributed by atoms with Gasteiger partial charge in [-0.1, -0.05) is 29.8 Å². The smallest absolute Gasteiger partial charge is 0.0617 e. The van der Waals surface area contributed by atoms with Crippen LogP contribution in [0.4, 0.5) is 5.69 Å². The van der Waals surface area contributed by atoms with Crippen molar-refractivity contribution in [3.05, 3.63) is 27.7 Å². The average Bonchev–Trinajstić information content (AvgIpc) is 2.36. The predicted molar refractivity (Wildman–Crippen MR) is 84.8 cm³/mol. The van der Waals surface area contributed by atoms with E-state index in [1.165, 1.54) is 21.3 Å². The van der Waals surface area contributed by atoms with Crippen LogP contribution in [-0.2, 0) is 4.74 Å². The number of rotatable bonds is 3. The average molecular weight is 326 g/mol. The molecule has 106 valence electrons. The van der Waals surface area contributed by atoms with E-state index >= 15 is 0 Å². The number of nitrogens with one attached hydrogen (secondary N) is 1. The highest BCUT2D eigenvalue weighted by Crippen LogP contribution is 2.28. The van der Waals surface area contributed by atoms with Crippen LogP contribution in [0.3, 0.4) is 0 Å². The van der Waals surface area contributed by atoms with Crippen molar-refractivity contribution in [2.45, 2.75) is 52.7 Å². The number of aryl methyl sites for hydroxylation is 2. The Bertz CT molecular complexity index is 421. The SMILES string of the molecule is Cc1cc(NC2CCOC(C(C)C)C2)cc(C)c1Br. The topological polar surface area (TPSA) is 21.3 Å². The molecule has 0 radical (unpaired) electrons. The fourth-order valence-electron chi connectivity index (χ4n) is 2.69. The third-order valence-corrected chi connectivity index (χ3v) is 5.12. The highest BCUT2D eigenvalue weighted by atomic mass is 79.9. The van der Waals surface area contributed by atoms with Crippen LogP contribution in [-0.4, -0.2) is 18.8 Å². The summed E-state index contributed by atoms with van der Waals surface area (Å²) in [7, 11) is 0. The second-order valence-electron chi connectivity index (χ2n) is 5.94. The molecule has 1 heterocycles. The van der Waals surface area contributed by atoms with Crippen LogP contribution in [0, 0.1) is 19.8 Å². The van der Waals surface area contributed by atoms with Crippen LogP contribution >= 0.6 is 15.9 Å². The first-order valence-corrected chi connectivity index (χ1v) is 7.91. The summed E-state index contributed by atoms with van der Waals surface area (Å²) in [6, 6.07) is 4.97. The third-order valence-electron chi connectivity index (χ3n) is 3.87. The lowest BCUT2D eigenvalue weighted by molar-refractivity contribution is -0.0160. The summed E-state index contributed by atoms with van der Waals surface area (Å²) >= 11 is 3.62. The van der Waals surface area contributed by atoms with Crippen LogP contribution in [0.2, 0.25) is 0 Å². The molecule has 0 aromatic heterocycles. The minimum Gasteiger partial charge on any atom is -0.382 e. The maximum absolute atomic E-state index is 5.83. The minimum absolute atomic E-state index is 0.392. The van der Waals surface area contributed by atoms with E-state index in [1.54, 1.807) is 0 Å². The molecule has 1 N–H and O–H groups in total. The van der Waals surface area contributed by atoms with E-state index in [0.717, 1.165) is 19.4 Å². The largest absolute Gasteiger partial charge is 0.382 e. The zero-order valence-corrected chi connectivity index (χ0v) is 13.9. The van der Waals surface area contributed by atoms with Gasteiger partial charge in [-0.05, 0) is 55.9 Å². The van der Waals surface area contributed by atoms with E-state index in [4.69, 9.17) is 4.74 Å². The summed E-state index contributed by atoms with van der Waals surface area (Å²) in [5.74, 6) is 0.595. The quantitative estimate of drug-likeness (QED) is 0.871. The van der Waals surface area contributed by atoms with Gasteiger partial charge >= 0.3 is 0 Å². The number of anilines is 1. The van der Waals surface area contributed by atoms with E-state index in [2.05, 4.69) is 61.1 Å². The number of hydrogen-bond acceptors (Lipinski definition) is 2. The van der Waals surface area contributed by atoms with Crippen molar-refractivity contribution in [1.82, 2.24) is 0 Å². The molecule has 0 spiro atoms. The van der Waals surface area contributed by atoms with Crippen LogP contribution in [0.5, 0.6) is 0 Å². The van der Waals surface area contributed by atoms with Gasteiger partial charge in [0.05, 0.1) is 6.10 Å². The first-order valence-electron chi connectivity index (χ1n) is 7.12. The molecule has 0 bridgehead atoms. The maximum atomic E-state index is 5.83. The maximum Gasteiger partial charge on any atom is 0.0617 e. The molecule has 1 aromatic rings. The lowest BCUT2D eigenvalue weighted by Crippen LogP contribution is -2.36. The molecule has 3 heteroatoms. The summed E-state index contributed by atoms with van der Waals surface area (Å²) in [4.78, 5) is 0. The fourth-order valence-corrected chi connectivity index (χ4v) is 2.92. The lowest BCUT2D eigenvalue weighted by atomic mass is 9.95. The number of halogens is 1. The molecule has 2 rings (SSSR count). The lowest BCUT2D eigenvalue weighted by Gasteiger charge is -2.33. The Balaban J connectivity index is 2.05. The normalized spacial score (nSPS) is 23.7. The second-order valence-corrected chi connectivity index (χ2v) is 6.74. The van der Waals surface area contributed by atoms with Gasteiger partial charge in [-0.2, -0.15) is 0 Å². The minimum atomic E-state index is 0.392. The molecular weight excluding hydrogens is 302 g/mol. The van der Waals surface area contributed by atoms with Crippen molar-refractivity contribution in [2.24, 2.45) is 5.92 Å². The van der Waals surface area contributed by atoms with E-state index in [9.17, 15) is 0 Å². The summed E-state index contributed by atoms with van der Waals surface area (Å²) in [6.07, 6.45) is 2.59. The van der Waals surface area contributed by atoms with Gasteiger partial charge in [0, 0.05) is 22.8 Å². The Kier molecular flexibility index (Phi) is 4.91. The molecule has 0 saturated carbocycles. The van der Waals surface area contributed by atoms with Gasteiger partial charge in [-0.15, -0.1) is 0 Å². The van der Waals surface area contributed by atoms with Crippen LogP contribution in [0.1, 0.15) is 37.8 Å². The molecule has 1 aromatic carbocycles. The predicted octanol–water partition coefficient (Wildman–Crippen LogP) is 4.68. The van der Waals surface area contributed by atoms with E-state index in [1.807, 2.05) is 0 Å². The highest BCUT2D eigenvalue weighted by Gasteiger charge is 2.24. The summed E-state index contributed by atoms with van der Waals surface area (Å²) in [6.45, 7) is 9.63. The monoisotopic (exact) mass is 325 g/mol. The highest BCUT2D eigenvalue weighted by molar-refractivity contribution is 9.10. The zero-order chi connectivity index (χ0) is 14.0. The summed E-state index contributed by atoms with van der Waals surface area (Å²) in [5.41, 5.74) is 3.80. The summed E-state index contributed by atoms with van der Waals surface area (Å²) < 4.78 is 7.04. The molecule has 1 aliphatic heterocycles. The third kappa shape index (κ3) is 3.73. The Morgan fingerprint density at radius 2 is 1.89 bits per heavy atom. The van der Waals surface area contributed by atoms with Gasteiger partial charge in [0.1, 0.15) is 0 Å². The van der Waals surface area contributed by atoms with Crippen molar-refractivity contribution >= 4 is 21.6 Å². The molecule has 1 aliphatic rings. The van der Waals surface area contributed by atoms with Gasteiger partial charge in [0.2, 0.25) is 0 Å². The number of benzene rings is 1. The molecular formula is C16H24BrNO. The van der Waals surface area contributed by atoms with E-state index < -0.39 is 0 Å². The van der Waals surface area contributed by atoms with Crippen LogP contribution in [0.15, 0.2) is 16.6 Å². The molecule has 0 aliphatic carbocycles. The molecule has 19 heavy (non-hydrogen) atoms. The Labute approximate surface area is 125 Å². The Morgan fingerprint density at radius 3 is 2.47 bits per heavy atom. The summed E-state index contributed by atoms with van der Waals surface area (Å²) in [5, 5.41) is 3.67. The van der Waals surface area contributed by atoms with Crippen molar-refractivity contribution in [3.63, 3.8) is 0 Å². The molecule has 2 unspecified atom stereocenters. The Hall–Kier alpha value is -0.540. The van der Waals surface area contributed by atoms with Gasteiger partial charge < -0.3 is 10.1 Å². The molecule has 2 nitrogen and oxygen atoms in total. The van der Waals surface area contributed by atoms with Crippen LogP contribution < -0.4 is 5.32 Å². The van der Waals surface area contributed by atoms with Crippen molar-refractivity contribution < 1.29 is 4.74 Å². The van der Waals surface area contributed by atoms with E-state index in [-0.39, 0.29) is 0 Å². The van der Waals surface area contributed by atoms with Gasteiger partial charge in [0.25, 0.3) is 0 Å². The fraction of sp³-hybridized carbons (Fsp3) is 0.625. The molecule has 1 fully saturated rings. The number of ether oxygens (including phenoxy) is 1. The first kappa shape index (κ1) is 14.9. The molecule has 0 amide bonds. The van der Waals surface area contributed by atoms with Crippen LogP contribution in [0.25, 0.3) is 0 Å². The second kappa shape index (κ2) is 6.27. The van der Waals surface area contributed by atoms with E-state index in [0.29, 0.717) is 18.1 Å². The zero-order valence-electron chi connectivity index (χ0n) is 12.3. The van der Waals surface area contributed by atoms with Crippen molar-refractivity contribution in [1.29, 1.82) is 0 Å². The number of hydrogen-bond donors (Lipinski definition) is 1. The van der Waals surface area contributed by atoms with Gasteiger partial charge in [0.15, 0.2) is 0 Å². The molecule has 1 saturated heterocycles. The van der Waals surface area contributed by atoms with Crippen molar-refractivity contribution in [3.8, 4) is 0 Å². The van der Waals surface area contributed by atoms with Crippen molar-refractivity contribution in [2.75, 3.05) is 11.9 Å². The molecule has 2 atom stereocenters. The standard InChI is InChI=1S/C16H24BrNO/c1-10(2)15-9-13(5-6-19-15)18-14-7-11(3)16(17)12(4)8-14/h7-8,10,13,15,18H,5-6,9H2,1-4H3. The van der Waals surface area contributed by atoms with Gasteiger partial charge in [-0.25, -0.2) is 0 Å². The first-order chi connectivity index (χ1) is 8.97.